The van der Waals surface area contributed by atoms with Crippen LogP contribution in [0.2, 0.25) is 0 Å². The molecule has 13 heavy (non-hydrogen) atoms. The second-order valence-corrected chi connectivity index (χ2v) is 3.75. The molecule has 0 heterocycles. The van der Waals surface area contributed by atoms with Crippen LogP contribution in [0.1, 0.15) is 11.1 Å². The Morgan fingerprint density at radius 2 is 1.92 bits per heavy atom. The minimum Gasteiger partial charge on any atom is -0.166 e. The van der Waals surface area contributed by atoms with E-state index >= 15 is 0 Å². The van der Waals surface area contributed by atoms with Crippen LogP contribution in [0.25, 0.3) is 0 Å². The van der Waals surface area contributed by atoms with Crippen LogP contribution in [-0.4, -0.2) is 0 Å². The molecule has 0 fully saturated rings. The molecule has 0 unspecified atom stereocenters. The first kappa shape index (κ1) is 11.2. The highest BCUT2D eigenvalue weighted by atomic mass is 127. The molecule has 1 aromatic rings. The van der Waals surface area contributed by atoms with Crippen molar-refractivity contribution in [2.24, 2.45) is 0 Å². The van der Waals surface area contributed by atoms with Crippen LogP contribution in [0.4, 0.5) is 13.2 Å². The summed E-state index contributed by atoms with van der Waals surface area (Å²) in [6, 6.07) is 3.86. The average molecular weight is 318 g/mol. The van der Waals surface area contributed by atoms with Crippen molar-refractivity contribution >= 4 is 35.2 Å². The fourth-order valence-corrected chi connectivity index (χ4v) is 1.83. The monoisotopic (exact) mass is 318 g/mol. The SMILES string of the molecule is FC(F)(F)c1ccc(S)cc1CI. The minimum absolute atomic E-state index is 0.278. The normalized spacial score (nSPS) is 11.8. The Morgan fingerprint density at radius 3 is 2.38 bits per heavy atom. The van der Waals surface area contributed by atoms with Crippen molar-refractivity contribution in [3.8, 4) is 0 Å². The molecule has 0 aliphatic rings. The number of thiol groups is 1. The average Bonchev–Trinajstić information content (AvgIpc) is 2.01. The molecule has 72 valence electrons. The molecule has 0 amide bonds. The maximum atomic E-state index is 12.3. The van der Waals surface area contributed by atoms with Gasteiger partial charge in [-0.2, -0.15) is 13.2 Å². The molecule has 0 aromatic heterocycles. The molecule has 0 saturated heterocycles. The lowest BCUT2D eigenvalue weighted by Gasteiger charge is -2.11. The topological polar surface area (TPSA) is 0 Å². The highest BCUT2D eigenvalue weighted by Crippen LogP contribution is 2.33. The Kier molecular flexibility index (Phi) is 3.50. The Balaban J connectivity index is 3.22. The summed E-state index contributed by atoms with van der Waals surface area (Å²) in [5, 5.41) is 0. The van der Waals surface area contributed by atoms with Crippen LogP contribution in [-0.2, 0) is 10.6 Å². The van der Waals surface area contributed by atoms with E-state index in [0.717, 1.165) is 6.07 Å². The zero-order valence-electron chi connectivity index (χ0n) is 6.40. The first-order valence-corrected chi connectivity index (χ1v) is 5.37. The Bertz CT molecular complexity index is 309. The molecule has 0 N–H and O–H groups in total. The molecule has 1 rings (SSSR count). The van der Waals surface area contributed by atoms with Crippen molar-refractivity contribution < 1.29 is 13.2 Å². The maximum Gasteiger partial charge on any atom is 0.416 e. The Labute approximate surface area is 93.1 Å². The van der Waals surface area contributed by atoms with Gasteiger partial charge in [-0.05, 0) is 23.8 Å². The summed E-state index contributed by atoms with van der Waals surface area (Å²) in [5.74, 6) is 0. The maximum absolute atomic E-state index is 12.3. The second-order valence-electron chi connectivity index (χ2n) is 2.47. The van der Waals surface area contributed by atoms with Crippen LogP contribution in [0, 0.1) is 0 Å². The van der Waals surface area contributed by atoms with Gasteiger partial charge in [0.25, 0.3) is 0 Å². The zero-order chi connectivity index (χ0) is 10.1. The lowest BCUT2D eigenvalue weighted by atomic mass is 10.1. The molecule has 0 radical (unpaired) electrons. The number of hydrogen-bond donors (Lipinski definition) is 1. The van der Waals surface area contributed by atoms with E-state index in [4.69, 9.17) is 0 Å². The number of hydrogen-bond acceptors (Lipinski definition) is 1. The summed E-state index contributed by atoms with van der Waals surface area (Å²) in [5.41, 5.74) is -0.291. The molecule has 1 aromatic carbocycles. The van der Waals surface area contributed by atoms with Gasteiger partial charge >= 0.3 is 6.18 Å². The van der Waals surface area contributed by atoms with Gasteiger partial charge in [0.05, 0.1) is 5.56 Å². The van der Waals surface area contributed by atoms with E-state index in [1.165, 1.54) is 12.1 Å². The number of halogens is 4. The summed E-state index contributed by atoms with van der Waals surface area (Å²) in [4.78, 5) is 0.555. The van der Waals surface area contributed by atoms with Crippen molar-refractivity contribution in [2.45, 2.75) is 15.5 Å². The fourth-order valence-electron chi connectivity index (χ4n) is 0.967. The molecule has 0 spiro atoms. The van der Waals surface area contributed by atoms with Crippen LogP contribution in [0.3, 0.4) is 0 Å². The van der Waals surface area contributed by atoms with Crippen molar-refractivity contribution in [1.29, 1.82) is 0 Å². The molecular weight excluding hydrogens is 312 g/mol. The van der Waals surface area contributed by atoms with Crippen LogP contribution < -0.4 is 0 Å². The van der Waals surface area contributed by atoms with Gasteiger partial charge in [0.2, 0.25) is 0 Å². The molecule has 5 heteroatoms. The number of rotatable bonds is 1. The lowest BCUT2D eigenvalue weighted by molar-refractivity contribution is -0.138. The van der Waals surface area contributed by atoms with E-state index in [-0.39, 0.29) is 5.56 Å². The van der Waals surface area contributed by atoms with Crippen molar-refractivity contribution in [2.75, 3.05) is 0 Å². The van der Waals surface area contributed by atoms with Gasteiger partial charge in [-0.3, -0.25) is 0 Å². The van der Waals surface area contributed by atoms with Gasteiger partial charge in [0.15, 0.2) is 0 Å². The van der Waals surface area contributed by atoms with Gasteiger partial charge in [0, 0.05) is 9.32 Å². The van der Waals surface area contributed by atoms with Crippen molar-refractivity contribution in [1.82, 2.24) is 0 Å². The van der Waals surface area contributed by atoms with E-state index in [1.54, 1.807) is 0 Å². The van der Waals surface area contributed by atoms with E-state index in [2.05, 4.69) is 12.6 Å². The summed E-state index contributed by atoms with van der Waals surface area (Å²) in [6.07, 6.45) is -4.26. The highest BCUT2D eigenvalue weighted by Gasteiger charge is 2.32. The molecule has 0 atom stereocenters. The van der Waals surface area contributed by atoms with Crippen molar-refractivity contribution in [3.05, 3.63) is 29.3 Å². The molecule has 0 bridgehead atoms. The lowest BCUT2D eigenvalue weighted by Crippen LogP contribution is -2.08. The molecule has 0 aliphatic heterocycles. The third-order valence-electron chi connectivity index (χ3n) is 1.54. The Hall–Kier alpha value is 0.0900. The number of alkyl halides is 4. The fraction of sp³-hybridized carbons (Fsp3) is 0.250. The molecule has 0 nitrogen and oxygen atoms in total. The summed E-state index contributed by atoms with van der Waals surface area (Å²) >= 11 is 5.88. The molecule has 0 aliphatic carbocycles. The van der Waals surface area contributed by atoms with Crippen LogP contribution in [0.5, 0.6) is 0 Å². The van der Waals surface area contributed by atoms with E-state index in [1.807, 2.05) is 22.6 Å². The van der Waals surface area contributed by atoms with Gasteiger partial charge in [-0.25, -0.2) is 0 Å². The minimum atomic E-state index is -4.26. The van der Waals surface area contributed by atoms with E-state index < -0.39 is 11.7 Å². The smallest absolute Gasteiger partial charge is 0.166 e. The predicted molar refractivity (Wildman–Crippen MR) is 56.4 cm³/mol. The predicted octanol–water partition coefficient (Wildman–Crippen LogP) is 3.93. The largest absolute Gasteiger partial charge is 0.416 e. The zero-order valence-corrected chi connectivity index (χ0v) is 9.45. The van der Waals surface area contributed by atoms with Gasteiger partial charge in [0.1, 0.15) is 0 Å². The van der Waals surface area contributed by atoms with E-state index in [9.17, 15) is 13.2 Å². The second kappa shape index (κ2) is 4.08. The quantitative estimate of drug-likeness (QED) is 0.453. The molecular formula is C8H6F3IS. The first-order valence-electron chi connectivity index (χ1n) is 3.40. The van der Waals surface area contributed by atoms with Gasteiger partial charge < -0.3 is 0 Å². The number of benzene rings is 1. The van der Waals surface area contributed by atoms with Gasteiger partial charge in [-0.15, -0.1) is 12.6 Å². The van der Waals surface area contributed by atoms with E-state index in [0.29, 0.717) is 9.32 Å². The summed E-state index contributed by atoms with van der Waals surface area (Å²) in [7, 11) is 0. The standard InChI is InChI=1S/C8H6F3IS/c9-8(10,11)7-2-1-6(13)3-5(7)4-12/h1-3,13H,4H2. The van der Waals surface area contributed by atoms with Crippen LogP contribution >= 0.6 is 35.2 Å². The highest BCUT2D eigenvalue weighted by molar-refractivity contribution is 14.1. The third-order valence-corrected chi connectivity index (χ3v) is 2.64. The summed E-state index contributed by atoms with van der Waals surface area (Å²) in [6.45, 7) is 0. The molecule has 0 saturated carbocycles. The first-order chi connectivity index (χ1) is 5.95. The van der Waals surface area contributed by atoms with Crippen LogP contribution in [0.15, 0.2) is 23.1 Å². The third kappa shape index (κ3) is 2.77. The van der Waals surface area contributed by atoms with Gasteiger partial charge in [-0.1, -0.05) is 22.6 Å². The van der Waals surface area contributed by atoms with Crippen molar-refractivity contribution in [3.63, 3.8) is 0 Å². The Morgan fingerprint density at radius 1 is 1.31 bits per heavy atom. The summed E-state index contributed by atoms with van der Waals surface area (Å²) < 4.78 is 37.4.